The van der Waals surface area contributed by atoms with Gasteiger partial charge in [0.05, 0.1) is 5.69 Å². The first-order valence-corrected chi connectivity index (χ1v) is 10.0. The zero-order chi connectivity index (χ0) is 23.3. The molecule has 0 aliphatic carbocycles. The van der Waals surface area contributed by atoms with E-state index in [0.717, 1.165) is 4.42 Å². The first-order chi connectivity index (χ1) is 15.1. The molecular formula is C23H23ClN4O4. The predicted octanol–water partition coefficient (Wildman–Crippen LogP) is 5.60. The van der Waals surface area contributed by atoms with Gasteiger partial charge in [-0.25, -0.2) is 9.78 Å². The molecule has 0 unspecified atom stereocenters. The zero-order valence-corrected chi connectivity index (χ0v) is 18.6. The van der Waals surface area contributed by atoms with Gasteiger partial charge in [0.2, 0.25) is 0 Å². The second kappa shape index (κ2) is 9.57. The van der Waals surface area contributed by atoms with E-state index in [4.69, 9.17) is 27.0 Å². The van der Waals surface area contributed by atoms with Crippen LogP contribution in [0.4, 0.5) is 22.0 Å². The summed E-state index contributed by atoms with van der Waals surface area (Å²) >= 11 is 6.11. The summed E-state index contributed by atoms with van der Waals surface area (Å²) in [5.74, 6) is 0.700. The van der Waals surface area contributed by atoms with E-state index in [9.17, 15) is 9.59 Å². The number of aromatic nitrogens is 1. The third kappa shape index (κ3) is 6.12. The molecule has 8 nitrogen and oxygen atoms in total. The highest BCUT2D eigenvalue weighted by Crippen LogP contribution is 2.30. The summed E-state index contributed by atoms with van der Waals surface area (Å²) in [7, 11) is 0. The van der Waals surface area contributed by atoms with Gasteiger partial charge in [-0.05, 0) is 75.4 Å². The number of nitrogens with two attached hydrogens (primary N) is 1. The summed E-state index contributed by atoms with van der Waals surface area (Å²) in [5, 5.41) is 2.64. The molecule has 166 valence electrons. The van der Waals surface area contributed by atoms with Crippen LogP contribution in [0.15, 0.2) is 66.9 Å². The molecule has 3 rings (SSSR count). The molecule has 2 amide bonds. The molecule has 0 aliphatic rings. The number of rotatable bonds is 5. The van der Waals surface area contributed by atoms with Crippen LogP contribution in [0.1, 0.15) is 31.1 Å². The number of nitrogen functional groups attached to an aromatic ring is 1. The molecule has 1 aromatic heterocycles. The summed E-state index contributed by atoms with van der Waals surface area (Å²) in [6.45, 7) is 5.36. The molecule has 32 heavy (non-hydrogen) atoms. The smallest absolute Gasteiger partial charge is 0.412 e. The van der Waals surface area contributed by atoms with Crippen LogP contribution < -0.4 is 20.2 Å². The Labute approximate surface area is 191 Å². The van der Waals surface area contributed by atoms with Crippen molar-refractivity contribution in [2.75, 3.05) is 15.5 Å². The van der Waals surface area contributed by atoms with Crippen LogP contribution in [0.2, 0.25) is 0 Å². The number of nitrogens with one attached hydrogen (secondary N) is 1. The Bertz CT molecular complexity index is 1100. The summed E-state index contributed by atoms with van der Waals surface area (Å²) in [5.41, 5.74) is 6.58. The lowest BCUT2D eigenvalue weighted by Crippen LogP contribution is -2.27. The van der Waals surface area contributed by atoms with Crippen LogP contribution in [-0.4, -0.2) is 22.6 Å². The second-order valence-corrected chi connectivity index (χ2v) is 8.12. The van der Waals surface area contributed by atoms with Gasteiger partial charge < -0.3 is 15.2 Å². The fourth-order valence-electron chi connectivity index (χ4n) is 2.62. The van der Waals surface area contributed by atoms with E-state index in [1.807, 2.05) is 0 Å². The Hall–Kier alpha value is -3.78. The molecule has 3 N–H and O–H groups in total. The summed E-state index contributed by atoms with van der Waals surface area (Å²) in [6, 6.07) is 16.4. The Morgan fingerprint density at radius 3 is 2.38 bits per heavy atom. The Morgan fingerprint density at radius 2 is 1.78 bits per heavy atom. The number of pyridine rings is 1. The van der Waals surface area contributed by atoms with Gasteiger partial charge in [-0.1, -0.05) is 6.07 Å². The van der Waals surface area contributed by atoms with Gasteiger partial charge >= 0.3 is 6.09 Å². The van der Waals surface area contributed by atoms with E-state index in [2.05, 4.69) is 10.3 Å². The highest BCUT2D eigenvalue weighted by Gasteiger charge is 2.18. The van der Waals surface area contributed by atoms with Crippen molar-refractivity contribution in [3.8, 4) is 11.5 Å². The first kappa shape index (κ1) is 22.9. The first-order valence-electron chi connectivity index (χ1n) is 9.71. The normalized spacial score (nSPS) is 10.9. The summed E-state index contributed by atoms with van der Waals surface area (Å²) in [4.78, 5) is 28.5. The lowest BCUT2D eigenvalue weighted by Gasteiger charge is -2.19. The van der Waals surface area contributed by atoms with E-state index >= 15 is 0 Å². The van der Waals surface area contributed by atoms with Gasteiger partial charge in [0.15, 0.2) is 5.82 Å². The van der Waals surface area contributed by atoms with E-state index in [1.54, 1.807) is 75.4 Å². The molecule has 9 heteroatoms. The third-order valence-corrected chi connectivity index (χ3v) is 4.34. The number of benzene rings is 2. The average molecular weight is 455 g/mol. The summed E-state index contributed by atoms with van der Waals surface area (Å²) < 4.78 is 11.9. The molecular weight excluding hydrogens is 432 g/mol. The van der Waals surface area contributed by atoms with Crippen LogP contribution in [-0.2, 0) is 4.74 Å². The van der Waals surface area contributed by atoms with Gasteiger partial charge in [0, 0.05) is 29.2 Å². The van der Waals surface area contributed by atoms with Crippen LogP contribution in [0, 0.1) is 0 Å². The van der Waals surface area contributed by atoms with Gasteiger partial charge in [-0.3, -0.25) is 10.1 Å². The third-order valence-electron chi connectivity index (χ3n) is 4.01. The highest BCUT2D eigenvalue weighted by atomic mass is 35.5. The number of hydrogen-bond donors (Lipinski definition) is 2. The van der Waals surface area contributed by atoms with Crippen molar-refractivity contribution in [1.29, 1.82) is 0 Å². The molecule has 2 aromatic carbocycles. The zero-order valence-electron chi connectivity index (χ0n) is 17.8. The van der Waals surface area contributed by atoms with Crippen LogP contribution in [0.5, 0.6) is 11.5 Å². The van der Waals surface area contributed by atoms with Crippen molar-refractivity contribution in [2.24, 2.45) is 0 Å². The number of nitrogens with zero attached hydrogens (tertiary/aromatic N) is 2. The molecule has 0 bridgehead atoms. The molecule has 0 fully saturated rings. The minimum Gasteiger partial charge on any atom is -0.455 e. The topological polar surface area (TPSA) is 107 Å². The standard InChI is InChI=1S/C23H23ClN4O4/c1-23(2,3)32-22(30)27-16-8-10-17(11-9-16)31-19-12-7-15(14-18(19)25)21(29)28(24)20-6-4-5-13-26-20/h4-14H,25H2,1-3H3,(H,27,30). The number of carbonyl (C=O) groups excluding carboxylic acids is 2. The number of ether oxygens (including phenoxy) is 2. The number of amides is 2. The number of anilines is 3. The van der Waals surface area contributed by atoms with Crippen molar-refractivity contribution in [2.45, 2.75) is 26.4 Å². The Balaban J connectivity index is 1.66. The molecule has 0 aliphatic heterocycles. The van der Waals surface area contributed by atoms with Crippen LogP contribution in [0.25, 0.3) is 0 Å². The van der Waals surface area contributed by atoms with Crippen molar-refractivity contribution in [3.05, 3.63) is 72.4 Å². The molecule has 0 saturated heterocycles. The van der Waals surface area contributed by atoms with Gasteiger partial charge in [0.1, 0.15) is 17.1 Å². The lowest BCUT2D eigenvalue weighted by atomic mass is 10.1. The van der Waals surface area contributed by atoms with Gasteiger partial charge in [-0.2, -0.15) is 4.42 Å². The highest BCUT2D eigenvalue weighted by molar-refractivity contribution is 6.39. The number of halogens is 1. The van der Waals surface area contributed by atoms with E-state index in [-0.39, 0.29) is 11.3 Å². The molecule has 1 heterocycles. The maximum Gasteiger partial charge on any atom is 0.412 e. The minimum atomic E-state index is -0.587. The van der Waals surface area contributed by atoms with E-state index in [0.29, 0.717) is 23.0 Å². The van der Waals surface area contributed by atoms with E-state index in [1.165, 1.54) is 12.3 Å². The predicted molar refractivity (Wildman–Crippen MR) is 124 cm³/mol. The fraction of sp³-hybridized carbons (Fsp3) is 0.174. The van der Waals surface area contributed by atoms with Crippen molar-refractivity contribution < 1.29 is 19.1 Å². The Kier molecular flexibility index (Phi) is 6.85. The average Bonchev–Trinajstić information content (AvgIpc) is 2.74. The van der Waals surface area contributed by atoms with Crippen LogP contribution in [0.3, 0.4) is 0 Å². The maximum atomic E-state index is 12.6. The Morgan fingerprint density at radius 1 is 1.06 bits per heavy atom. The molecule has 0 atom stereocenters. The van der Waals surface area contributed by atoms with Crippen molar-refractivity contribution in [3.63, 3.8) is 0 Å². The van der Waals surface area contributed by atoms with Crippen molar-refractivity contribution in [1.82, 2.24) is 4.98 Å². The van der Waals surface area contributed by atoms with E-state index < -0.39 is 17.6 Å². The molecule has 0 spiro atoms. The molecule has 0 saturated carbocycles. The lowest BCUT2D eigenvalue weighted by molar-refractivity contribution is 0.0635. The molecule has 0 radical (unpaired) electrons. The summed E-state index contributed by atoms with van der Waals surface area (Å²) in [6.07, 6.45) is 0.993. The monoisotopic (exact) mass is 454 g/mol. The van der Waals surface area contributed by atoms with Gasteiger partial charge in [-0.15, -0.1) is 0 Å². The number of carbonyl (C=O) groups is 2. The fourth-order valence-corrected chi connectivity index (χ4v) is 2.81. The maximum absolute atomic E-state index is 12.6. The largest absolute Gasteiger partial charge is 0.455 e. The second-order valence-electron chi connectivity index (χ2n) is 7.78. The molecule has 3 aromatic rings. The minimum absolute atomic E-state index is 0.262. The van der Waals surface area contributed by atoms with Crippen molar-refractivity contribution >= 4 is 41.0 Å². The van der Waals surface area contributed by atoms with Crippen LogP contribution >= 0.6 is 11.8 Å². The number of hydrogen-bond acceptors (Lipinski definition) is 6. The quantitative estimate of drug-likeness (QED) is 0.383. The van der Waals surface area contributed by atoms with Gasteiger partial charge in [0.25, 0.3) is 5.91 Å². The SMILES string of the molecule is CC(C)(C)OC(=O)Nc1ccc(Oc2ccc(C(=O)N(Cl)c3ccccn3)cc2N)cc1.